The Labute approximate surface area is 52.5 Å². The van der Waals surface area contributed by atoms with Crippen molar-refractivity contribution < 1.29 is 0 Å². The molecule has 44 valence electrons. The summed E-state index contributed by atoms with van der Waals surface area (Å²) in [5.41, 5.74) is 2.09. The van der Waals surface area contributed by atoms with Crippen LogP contribution in [0.3, 0.4) is 0 Å². The Morgan fingerprint density at radius 3 is 3.33 bits per heavy atom. The fraction of sp³-hybridized carbons (Fsp3) is 0.167. The van der Waals surface area contributed by atoms with E-state index in [1.165, 1.54) is 0 Å². The van der Waals surface area contributed by atoms with E-state index in [1.807, 2.05) is 12.3 Å². The van der Waals surface area contributed by atoms with Crippen LogP contribution in [0.5, 0.6) is 0 Å². The second-order valence-electron chi connectivity index (χ2n) is 1.90. The van der Waals surface area contributed by atoms with Crippen LogP contribution in [-0.2, 0) is 6.54 Å². The first-order chi connectivity index (χ1) is 4.47. The Kier molecular flexibility index (Phi) is 0.828. The van der Waals surface area contributed by atoms with Gasteiger partial charge in [-0.25, -0.2) is 0 Å². The molecule has 1 aromatic heterocycles. The van der Waals surface area contributed by atoms with Gasteiger partial charge in [-0.1, -0.05) is 0 Å². The number of rotatable bonds is 0. The van der Waals surface area contributed by atoms with Crippen LogP contribution in [0.1, 0.15) is 11.3 Å². The first kappa shape index (κ1) is 4.61. The Bertz CT molecular complexity index is 254. The van der Waals surface area contributed by atoms with Crippen molar-refractivity contribution in [3.05, 3.63) is 23.5 Å². The Morgan fingerprint density at radius 1 is 1.44 bits per heavy atom. The largest absolute Gasteiger partial charge is 0.286 e. The third-order valence-electron chi connectivity index (χ3n) is 1.30. The summed E-state index contributed by atoms with van der Waals surface area (Å²) in [4.78, 5) is 4.02. The van der Waals surface area contributed by atoms with Crippen molar-refractivity contribution in [3.63, 3.8) is 0 Å². The highest BCUT2D eigenvalue weighted by atomic mass is 15.1. The van der Waals surface area contributed by atoms with Crippen molar-refractivity contribution in [1.82, 2.24) is 10.2 Å². The lowest BCUT2D eigenvalue weighted by Gasteiger charge is -1.88. The molecule has 0 saturated heterocycles. The quantitative estimate of drug-likeness (QED) is 0.496. The van der Waals surface area contributed by atoms with E-state index in [1.54, 1.807) is 6.20 Å². The van der Waals surface area contributed by atoms with Gasteiger partial charge >= 0.3 is 0 Å². The van der Waals surface area contributed by atoms with E-state index in [0.717, 1.165) is 11.3 Å². The number of aliphatic imine (C=N–C) groups is 1. The summed E-state index contributed by atoms with van der Waals surface area (Å²) in [5, 5.41) is 7.61. The van der Waals surface area contributed by atoms with Gasteiger partial charge in [-0.3, -0.25) is 4.99 Å². The number of nitrogens with zero attached hydrogens (tertiary/aromatic N) is 3. The molecule has 9 heavy (non-hydrogen) atoms. The molecule has 0 spiro atoms. The molecule has 0 bridgehead atoms. The SMILES string of the molecule is C1=NCc2nnccc21. The van der Waals surface area contributed by atoms with Crippen LogP contribution in [0.4, 0.5) is 0 Å². The normalized spacial score (nSPS) is 13.8. The van der Waals surface area contributed by atoms with Crippen molar-refractivity contribution in [1.29, 1.82) is 0 Å². The minimum atomic E-state index is 0.698. The average Bonchev–Trinajstić information content (AvgIpc) is 2.33. The zero-order valence-electron chi connectivity index (χ0n) is 4.78. The summed E-state index contributed by atoms with van der Waals surface area (Å²) in [7, 11) is 0. The van der Waals surface area contributed by atoms with Crippen molar-refractivity contribution in [2.75, 3.05) is 0 Å². The molecule has 1 aliphatic rings. The number of hydrogen-bond donors (Lipinski definition) is 0. The third-order valence-corrected chi connectivity index (χ3v) is 1.30. The summed E-state index contributed by atoms with van der Waals surface area (Å²) in [6, 6.07) is 1.92. The minimum absolute atomic E-state index is 0.698. The number of fused-ring (bicyclic) bond motifs is 1. The zero-order valence-corrected chi connectivity index (χ0v) is 4.78. The van der Waals surface area contributed by atoms with Crippen molar-refractivity contribution in [2.45, 2.75) is 6.54 Å². The molecule has 0 amide bonds. The molecule has 0 N–H and O–H groups in total. The van der Waals surface area contributed by atoms with Gasteiger partial charge in [-0.2, -0.15) is 10.2 Å². The Morgan fingerprint density at radius 2 is 2.44 bits per heavy atom. The summed E-state index contributed by atoms with van der Waals surface area (Å²) in [6.07, 6.45) is 3.50. The van der Waals surface area contributed by atoms with E-state index in [9.17, 15) is 0 Å². The van der Waals surface area contributed by atoms with Gasteiger partial charge < -0.3 is 0 Å². The molecule has 0 fully saturated rings. The van der Waals surface area contributed by atoms with Gasteiger partial charge in [0.05, 0.1) is 18.4 Å². The van der Waals surface area contributed by atoms with Crippen LogP contribution in [0.15, 0.2) is 17.3 Å². The maximum Gasteiger partial charge on any atom is 0.0932 e. The molecule has 0 unspecified atom stereocenters. The van der Waals surface area contributed by atoms with E-state index < -0.39 is 0 Å². The predicted octanol–water partition coefficient (Wildman–Crippen LogP) is 0.409. The topological polar surface area (TPSA) is 38.1 Å². The standard InChI is InChI=1S/C6H5N3/c1-2-8-9-6-4-7-3-5(1)6/h1-3H,4H2. The molecule has 2 heterocycles. The average molecular weight is 119 g/mol. The summed E-state index contributed by atoms with van der Waals surface area (Å²) in [6.45, 7) is 0.698. The Hall–Kier alpha value is -1.25. The van der Waals surface area contributed by atoms with Crippen LogP contribution in [0, 0.1) is 0 Å². The summed E-state index contributed by atoms with van der Waals surface area (Å²) < 4.78 is 0. The monoisotopic (exact) mass is 119 g/mol. The smallest absolute Gasteiger partial charge is 0.0932 e. The molecule has 0 aliphatic carbocycles. The summed E-state index contributed by atoms with van der Waals surface area (Å²) in [5.74, 6) is 0. The molecule has 0 saturated carbocycles. The molecule has 0 aromatic carbocycles. The highest BCUT2D eigenvalue weighted by molar-refractivity contribution is 5.83. The van der Waals surface area contributed by atoms with Gasteiger partial charge in [-0.15, -0.1) is 0 Å². The van der Waals surface area contributed by atoms with Gasteiger partial charge in [0.15, 0.2) is 0 Å². The number of hydrogen-bond acceptors (Lipinski definition) is 3. The second-order valence-corrected chi connectivity index (χ2v) is 1.90. The second kappa shape index (κ2) is 1.62. The molecular weight excluding hydrogens is 114 g/mol. The van der Waals surface area contributed by atoms with Gasteiger partial charge in [-0.05, 0) is 6.07 Å². The lowest BCUT2D eigenvalue weighted by molar-refractivity contribution is 0.917. The molecule has 2 rings (SSSR count). The maximum atomic E-state index is 4.02. The van der Waals surface area contributed by atoms with Gasteiger partial charge in [0, 0.05) is 11.8 Å². The van der Waals surface area contributed by atoms with Crippen molar-refractivity contribution in [3.8, 4) is 0 Å². The van der Waals surface area contributed by atoms with E-state index >= 15 is 0 Å². The van der Waals surface area contributed by atoms with Crippen LogP contribution < -0.4 is 0 Å². The molecule has 3 heteroatoms. The van der Waals surface area contributed by atoms with E-state index in [0.29, 0.717) is 6.54 Å². The van der Waals surface area contributed by atoms with E-state index in [4.69, 9.17) is 0 Å². The van der Waals surface area contributed by atoms with E-state index in [2.05, 4.69) is 15.2 Å². The lowest BCUT2D eigenvalue weighted by Crippen LogP contribution is -1.90. The molecule has 0 atom stereocenters. The van der Waals surface area contributed by atoms with Gasteiger partial charge in [0.2, 0.25) is 0 Å². The third kappa shape index (κ3) is 0.614. The van der Waals surface area contributed by atoms with Crippen LogP contribution in [0.2, 0.25) is 0 Å². The van der Waals surface area contributed by atoms with Crippen molar-refractivity contribution >= 4 is 6.21 Å². The number of aromatic nitrogens is 2. The molecule has 1 aromatic rings. The highest BCUT2D eigenvalue weighted by Gasteiger charge is 2.04. The van der Waals surface area contributed by atoms with Crippen LogP contribution in [0.25, 0.3) is 0 Å². The Balaban J connectivity index is 2.63. The van der Waals surface area contributed by atoms with E-state index in [-0.39, 0.29) is 0 Å². The highest BCUT2D eigenvalue weighted by Crippen LogP contribution is 2.07. The zero-order chi connectivity index (χ0) is 6.10. The fourth-order valence-corrected chi connectivity index (χ4v) is 0.842. The van der Waals surface area contributed by atoms with Crippen molar-refractivity contribution in [2.24, 2.45) is 4.99 Å². The van der Waals surface area contributed by atoms with Gasteiger partial charge in [0.25, 0.3) is 0 Å². The van der Waals surface area contributed by atoms with Gasteiger partial charge in [0.1, 0.15) is 0 Å². The minimum Gasteiger partial charge on any atom is -0.286 e. The summed E-state index contributed by atoms with van der Waals surface area (Å²) >= 11 is 0. The van der Waals surface area contributed by atoms with Crippen LogP contribution >= 0.6 is 0 Å². The first-order valence-corrected chi connectivity index (χ1v) is 2.77. The maximum absolute atomic E-state index is 4.02. The van der Waals surface area contributed by atoms with Crippen LogP contribution in [-0.4, -0.2) is 16.4 Å². The molecule has 0 radical (unpaired) electrons. The predicted molar refractivity (Wildman–Crippen MR) is 33.3 cm³/mol. The fourth-order valence-electron chi connectivity index (χ4n) is 0.842. The molecule has 1 aliphatic heterocycles. The first-order valence-electron chi connectivity index (χ1n) is 2.77. The molecule has 3 nitrogen and oxygen atoms in total. The molecular formula is C6H5N3. The lowest BCUT2D eigenvalue weighted by atomic mass is 10.3.